The number of halogens is 2. The third kappa shape index (κ3) is 5.18. The molecule has 0 aliphatic heterocycles. The summed E-state index contributed by atoms with van der Waals surface area (Å²) in [6, 6.07) is 3.19. The van der Waals surface area contributed by atoms with Crippen LogP contribution in [0.2, 0.25) is 10.0 Å². The van der Waals surface area contributed by atoms with E-state index in [9.17, 15) is 5.11 Å². The van der Waals surface area contributed by atoms with Gasteiger partial charge < -0.3 is 5.11 Å². The first-order valence-electron chi connectivity index (χ1n) is 6.32. The van der Waals surface area contributed by atoms with Crippen LogP contribution >= 0.6 is 23.2 Å². The molecule has 0 amide bonds. The van der Waals surface area contributed by atoms with Crippen LogP contribution in [-0.2, 0) is 6.42 Å². The lowest BCUT2D eigenvalue weighted by molar-refractivity contribution is 0.474. The Morgan fingerprint density at radius 1 is 1.00 bits per heavy atom. The van der Waals surface area contributed by atoms with Gasteiger partial charge in [-0.3, -0.25) is 0 Å². The van der Waals surface area contributed by atoms with Crippen LogP contribution in [0.5, 0.6) is 5.75 Å². The first kappa shape index (κ1) is 14.7. The maximum Gasteiger partial charge on any atom is 0.117 e. The van der Waals surface area contributed by atoms with Crippen molar-refractivity contribution in [1.29, 1.82) is 0 Å². The van der Waals surface area contributed by atoms with E-state index < -0.39 is 0 Å². The van der Waals surface area contributed by atoms with Gasteiger partial charge in [-0.05, 0) is 24.5 Å². The SMILES string of the molecule is CCCCCCCCc1cc(O)cc(Cl)c1Cl. The molecule has 0 spiro atoms. The molecule has 0 atom stereocenters. The fourth-order valence-corrected chi connectivity index (χ4v) is 2.34. The Bertz CT molecular complexity index is 350. The van der Waals surface area contributed by atoms with E-state index in [0.29, 0.717) is 10.0 Å². The second kappa shape index (κ2) is 7.84. The smallest absolute Gasteiger partial charge is 0.117 e. The van der Waals surface area contributed by atoms with Crippen LogP contribution in [0.15, 0.2) is 12.1 Å². The van der Waals surface area contributed by atoms with Gasteiger partial charge in [-0.2, -0.15) is 0 Å². The lowest BCUT2D eigenvalue weighted by atomic mass is 10.0. The summed E-state index contributed by atoms with van der Waals surface area (Å²) in [5.41, 5.74) is 0.951. The Labute approximate surface area is 114 Å². The minimum absolute atomic E-state index is 0.195. The van der Waals surface area contributed by atoms with E-state index in [4.69, 9.17) is 23.2 Å². The van der Waals surface area contributed by atoms with Gasteiger partial charge in [-0.15, -0.1) is 0 Å². The molecule has 0 fully saturated rings. The minimum atomic E-state index is 0.195. The highest BCUT2D eigenvalue weighted by Gasteiger charge is 2.06. The number of hydrogen-bond donors (Lipinski definition) is 1. The normalized spacial score (nSPS) is 10.8. The summed E-state index contributed by atoms with van der Waals surface area (Å²) in [5, 5.41) is 10.5. The summed E-state index contributed by atoms with van der Waals surface area (Å²) in [6.45, 7) is 2.22. The van der Waals surface area contributed by atoms with Gasteiger partial charge in [0.15, 0.2) is 0 Å². The van der Waals surface area contributed by atoms with Crippen molar-refractivity contribution in [3.8, 4) is 5.75 Å². The molecular formula is C14H20Cl2O. The average Bonchev–Trinajstić information content (AvgIpc) is 2.29. The maximum atomic E-state index is 9.45. The minimum Gasteiger partial charge on any atom is -0.508 e. The van der Waals surface area contributed by atoms with Crippen molar-refractivity contribution in [3.63, 3.8) is 0 Å². The number of benzene rings is 1. The second-order valence-corrected chi connectivity index (χ2v) is 5.20. The molecule has 1 aromatic carbocycles. The molecule has 0 radical (unpaired) electrons. The molecule has 0 bridgehead atoms. The monoisotopic (exact) mass is 274 g/mol. The van der Waals surface area contributed by atoms with Gasteiger partial charge in [-0.25, -0.2) is 0 Å². The van der Waals surface area contributed by atoms with Crippen molar-refractivity contribution in [1.82, 2.24) is 0 Å². The third-order valence-electron chi connectivity index (χ3n) is 2.89. The van der Waals surface area contributed by atoms with Crippen molar-refractivity contribution in [2.24, 2.45) is 0 Å². The van der Waals surface area contributed by atoms with E-state index in [0.717, 1.165) is 18.4 Å². The summed E-state index contributed by atoms with van der Waals surface area (Å²) in [5.74, 6) is 0.195. The van der Waals surface area contributed by atoms with Crippen LogP contribution in [-0.4, -0.2) is 5.11 Å². The fraction of sp³-hybridized carbons (Fsp3) is 0.571. The van der Waals surface area contributed by atoms with Crippen LogP contribution < -0.4 is 0 Å². The first-order valence-corrected chi connectivity index (χ1v) is 7.07. The number of phenolic OH excluding ortho intramolecular Hbond substituents is 1. The zero-order chi connectivity index (χ0) is 12.7. The third-order valence-corrected chi connectivity index (χ3v) is 3.73. The summed E-state index contributed by atoms with van der Waals surface area (Å²) < 4.78 is 0. The molecule has 17 heavy (non-hydrogen) atoms. The molecule has 3 heteroatoms. The lowest BCUT2D eigenvalue weighted by Gasteiger charge is -2.07. The number of unbranched alkanes of at least 4 members (excludes halogenated alkanes) is 5. The number of aryl methyl sites for hydroxylation is 1. The Balaban J connectivity index is 2.36. The van der Waals surface area contributed by atoms with Gasteiger partial charge in [0.1, 0.15) is 5.75 Å². The van der Waals surface area contributed by atoms with Gasteiger partial charge in [0.05, 0.1) is 10.0 Å². The Hall–Kier alpha value is -0.400. The van der Waals surface area contributed by atoms with Crippen LogP contribution in [0.25, 0.3) is 0 Å². The summed E-state index contributed by atoms with van der Waals surface area (Å²) >= 11 is 12.0. The largest absolute Gasteiger partial charge is 0.508 e. The van der Waals surface area contributed by atoms with Crippen molar-refractivity contribution in [2.45, 2.75) is 51.9 Å². The van der Waals surface area contributed by atoms with Crippen molar-refractivity contribution in [3.05, 3.63) is 27.7 Å². The van der Waals surface area contributed by atoms with E-state index >= 15 is 0 Å². The number of hydrogen-bond acceptors (Lipinski definition) is 1. The molecule has 0 saturated heterocycles. The molecule has 0 heterocycles. The van der Waals surface area contributed by atoms with E-state index in [2.05, 4.69) is 6.92 Å². The lowest BCUT2D eigenvalue weighted by Crippen LogP contribution is -1.89. The fourth-order valence-electron chi connectivity index (χ4n) is 1.91. The molecule has 96 valence electrons. The molecule has 1 nitrogen and oxygen atoms in total. The zero-order valence-electron chi connectivity index (χ0n) is 10.3. The van der Waals surface area contributed by atoms with Crippen LogP contribution in [0.1, 0.15) is 51.0 Å². The van der Waals surface area contributed by atoms with Gasteiger partial charge in [0, 0.05) is 6.07 Å². The van der Waals surface area contributed by atoms with Crippen molar-refractivity contribution in [2.75, 3.05) is 0 Å². The van der Waals surface area contributed by atoms with Gasteiger partial charge in [0.2, 0.25) is 0 Å². The number of phenols is 1. The number of aromatic hydroxyl groups is 1. The molecule has 0 unspecified atom stereocenters. The van der Waals surface area contributed by atoms with Crippen LogP contribution in [0.3, 0.4) is 0 Å². The summed E-state index contributed by atoms with van der Waals surface area (Å²) in [4.78, 5) is 0. The average molecular weight is 275 g/mol. The number of rotatable bonds is 7. The highest BCUT2D eigenvalue weighted by atomic mass is 35.5. The molecule has 0 aromatic heterocycles. The van der Waals surface area contributed by atoms with E-state index in [1.54, 1.807) is 6.07 Å². The van der Waals surface area contributed by atoms with Gasteiger partial charge in [-0.1, -0.05) is 62.2 Å². The van der Waals surface area contributed by atoms with E-state index in [1.807, 2.05) is 0 Å². The van der Waals surface area contributed by atoms with Crippen molar-refractivity contribution >= 4 is 23.2 Å². The highest BCUT2D eigenvalue weighted by Crippen LogP contribution is 2.31. The first-order chi connectivity index (χ1) is 8.15. The van der Waals surface area contributed by atoms with E-state index in [-0.39, 0.29) is 5.75 Å². The molecule has 0 aliphatic carbocycles. The highest BCUT2D eigenvalue weighted by molar-refractivity contribution is 6.42. The quantitative estimate of drug-likeness (QED) is 0.642. The Morgan fingerprint density at radius 2 is 1.65 bits per heavy atom. The predicted octanol–water partition coefficient (Wildman–Crippen LogP) is 5.60. The Morgan fingerprint density at radius 3 is 2.35 bits per heavy atom. The molecule has 0 aliphatic rings. The topological polar surface area (TPSA) is 20.2 Å². The Kier molecular flexibility index (Phi) is 6.76. The standard InChI is InChI=1S/C14H20Cl2O/c1-2-3-4-5-6-7-8-11-9-12(17)10-13(15)14(11)16/h9-10,17H,2-8H2,1H3. The molecular weight excluding hydrogens is 255 g/mol. The predicted molar refractivity (Wildman–Crippen MR) is 75.2 cm³/mol. The van der Waals surface area contributed by atoms with Crippen LogP contribution in [0.4, 0.5) is 0 Å². The summed E-state index contributed by atoms with van der Waals surface area (Å²) in [6.07, 6.45) is 8.38. The van der Waals surface area contributed by atoms with Crippen LogP contribution in [0, 0.1) is 0 Å². The molecule has 1 N–H and O–H groups in total. The van der Waals surface area contributed by atoms with E-state index in [1.165, 1.54) is 38.2 Å². The van der Waals surface area contributed by atoms with Gasteiger partial charge >= 0.3 is 0 Å². The molecule has 0 saturated carbocycles. The second-order valence-electron chi connectivity index (χ2n) is 4.42. The maximum absolute atomic E-state index is 9.45. The molecule has 1 rings (SSSR count). The summed E-state index contributed by atoms with van der Waals surface area (Å²) in [7, 11) is 0. The molecule has 1 aromatic rings. The zero-order valence-corrected chi connectivity index (χ0v) is 11.8. The van der Waals surface area contributed by atoms with Crippen molar-refractivity contribution < 1.29 is 5.11 Å². The van der Waals surface area contributed by atoms with Gasteiger partial charge in [0.25, 0.3) is 0 Å².